The maximum atomic E-state index is 2.08. The molecule has 0 aliphatic carbocycles. The standard InChI is InChI=1S/C7H8.C6H10/c1-7-5-3-2-4-6-7;1-3-5-6-4-2/h2-6H,1H3;3-6H,1-2H3/b;5-3+,6-4+. The number of benzene rings is 1. The fourth-order valence-corrected chi connectivity index (χ4v) is 0.757. The number of allylic oxidation sites excluding steroid dienone is 4. The normalized spacial score (nSPS) is 10.1. The van der Waals surface area contributed by atoms with E-state index in [0.29, 0.717) is 0 Å². The van der Waals surface area contributed by atoms with Gasteiger partial charge in [-0.15, -0.1) is 0 Å². The Balaban J connectivity index is 0.000000226. The molecule has 0 unspecified atom stereocenters. The average molecular weight is 174 g/mol. The third kappa shape index (κ3) is 8.61. The molecule has 0 heterocycles. The van der Waals surface area contributed by atoms with Gasteiger partial charge < -0.3 is 0 Å². The molecule has 0 saturated heterocycles. The van der Waals surface area contributed by atoms with Crippen molar-refractivity contribution in [2.24, 2.45) is 0 Å². The molecule has 1 rings (SSSR count). The predicted molar refractivity (Wildman–Crippen MR) is 60.8 cm³/mol. The van der Waals surface area contributed by atoms with E-state index in [4.69, 9.17) is 0 Å². The second-order valence-corrected chi connectivity index (χ2v) is 2.71. The van der Waals surface area contributed by atoms with Gasteiger partial charge in [-0.05, 0) is 20.8 Å². The molecule has 0 bridgehead atoms. The molecule has 0 spiro atoms. The minimum absolute atomic E-state index is 1.32. The summed E-state index contributed by atoms with van der Waals surface area (Å²) >= 11 is 0. The number of rotatable bonds is 1. The molecular formula is C13H18. The largest absolute Gasteiger partial charge is 0.0877 e. The van der Waals surface area contributed by atoms with Crippen LogP contribution in [0.5, 0.6) is 0 Å². The second-order valence-electron chi connectivity index (χ2n) is 2.71. The van der Waals surface area contributed by atoms with Gasteiger partial charge in [0.1, 0.15) is 0 Å². The quantitative estimate of drug-likeness (QED) is 0.561. The van der Waals surface area contributed by atoms with Crippen LogP contribution in [0.3, 0.4) is 0 Å². The van der Waals surface area contributed by atoms with Gasteiger partial charge in [-0.25, -0.2) is 0 Å². The van der Waals surface area contributed by atoms with Gasteiger partial charge >= 0.3 is 0 Å². The predicted octanol–water partition coefficient (Wildman–Crippen LogP) is 4.13. The highest BCUT2D eigenvalue weighted by Gasteiger charge is 1.72. The Hall–Kier alpha value is -1.30. The van der Waals surface area contributed by atoms with Crippen molar-refractivity contribution in [2.75, 3.05) is 0 Å². The van der Waals surface area contributed by atoms with Gasteiger partial charge in [0.2, 0.25) is 0 Å². The first-order valence-corrected chi connectivity index (χ1v) is 4.57. The molecule has 0 aliphatic rings. The van der Waals surface area contributed by atoms with Gasteiger partial charge in [-0.1, -0.05) is 60.2 Å². The van der Waals surface area contributed by atoms with E-state index in [1.165, 1.54) is 5.56 Å². The number of hydrogen-bond donors (Lipinski definition) is 0. The summed E-state index contributed by atoms with van der Waals surface area (Å²) in [7, 11) is 0. The van der Waals surface area contributed by atoms with Crippen molar-refractivity contribution in [2.45, 2.75) is 20.8 Å². The second kappa shape index (κ2) is 8.79. The van der Waals surface area contributed by atoms with Gasteiger partial charge in [0, 0.05) is 0 Å². The molecule has 0 aromatic heterocycles. The van der Waals surface area contributed by atoms with Crippen LogP contribution in [0.15, 0.2) is 54.6 Å². The van der Waals surface area contributed by atoms with Crippen LogP contribution in [-0.2, 0) is 0 Å². The zero-order valence-electron chi connectivity index (χ0n) is 8.70. The fourth-order valence-electron chi connectivity index (χ4n) is 0.757. The highest BCUT2D eigenvalue weighted by molar-refractivity contribution is 5.11. The van der Waals surface area contributed by atoms with Gasteiger partial charge in [-0.2, -0.15) is 0 Å². The summed E-state index contributed by atoms with van der Waals surface area (Å²) in [6.45, 7) is 6.08. The third-order valence-electron chi connectivity index (χ3n) is 1.44. The van der Waals surface area contributed by atoms with E-state index in [-0.39, 0.29) is 0 Å². The van der Waals surface area contributed by atoms with Crippen LogP contribution in [0.4, 0.5) is 0 Å². The molecule has 0 N–H and O–H groups in total. The van der Waals surface area contributed by atoms with Gasteiger partial charge in [-0.3, -0.25) is 0 Å². The van der Waals surface area contributed by atoms with Crippen molar-refractivity contribution in [3.63, 3.8) is 0 Å². The number of hydrogen-bond acceptors (Lipinski definition) is 0. The monoisotopic (exact) mass is 174 g/mol. The summed E-state index contributed by atoms with van der Waals surface area (Å²) in [5, 5.41) is 0. The molecule has 0 nitrogen and oxygen atoms in total. The molecule has 0 heteroatoms. The Morgan fingerprint density at radius 3 is 1.54 bits per heavy atom. The van der Waals surface area contributed by atoms with E-state index < -0.39 is 0 Å². The fraction of sp³-hybridized carbons (Fsp3) is 0.231. The summed E-state index contributed by atoms with van der Waals surface area (Å²) in [5.74, 6) is 0. The third-order valence-corrected chi connectivity index (χ3v) is 1.44. The molecule has 1 aromatic rings. The van der Waals surface area contributed by atoms with Gasteiger partial charge in [0.05, 0.1) is 0 Å². The zero-order valence-corrected chi connectivity index (χ0v) is 8.70. The first-order chi connectivity index (χ1) is 6.31. The molecule has 0 atom stereocenters. The first-order valence-electron chi connectivity index (χ1n) is 4.57. The maximum absolute atomic E-state index is 2.08. The maximum Gasteiger partial charge on any atom is -0.0398 e. The highest BCUT2D eigenvalue weighted by Crippen LogP contribution is 1.92. The van der Waals surface area contributed by atoms with Crippen LogP contribution in [0.25, 0.3) is 0 Å². The van der Waals surface area contributed by atoms with E-state index in [0.717, 1.165) is 0 Å². The lowest BCUT2D eigenvalue weighted by atomic mass is 10.2. The molecule has 13 heavy (non-hydrogen) atoms. The Morgan fingerprint density at radius 1 is 0.846 bits per heavy atom. The van der Waals surface area contributed by atoms with E-state index in [1.54, 1.807) is 0 Å². The van der Waals surface area contributed by atoms with Crippen LogP contribution in [0.2, 0.25) is 0 Å². The van der Waals surface area contributed by atoms with Crippen LogP contribution < -0.4 is 0 Å². The van der Waals surface area contributed by atoms with E-state index >= 15 is 0 Å². The topological polar surface area (TPSA) is 0 Å². The molecule has 70 valence electrons. The van der Waals surface area contributed by atoms with E-state index in [1.807, 2.05) is 56.4 Å². The molecular weight excluding hydrogens is 156 g/mol. The molecule has 0 fully saturated rings. The minimum atomic E-state index is 1.32. The minimum Gasteiger partial charge on any atom is -0.0877 e. The summed E-state index contributed by atoms with van der Waals surface area (Å²) in [4.78, 5) is 0. The first kappa shape index (κ1) is 11.7. The summed E-state index contributed by atoms with van der Waals surface area (Å²) in [6, 6.07) is 10.3. The van der Waals surface area contributed by atoms with E-state index in [9.17, 15) is 0 Å². The number of aryl methyl sites for hydroxylation is 1. The van der Waals surface area contributed by atoms with Crippen molar-refractivity contribution < 1.29 is 0 Å². The summed E-state index contributed by atoms with van der Waals surface area (Å²) < 4.78 is 0. The average Bonchev–Trinajstić information content (AvgIpc) is 2.17. The Kier molecular flexibility index (Phi) is 7.91. The lowest BCUT2D eigenvalue weighted by Gasteiger charge is -1.82. The molecule has 1 aromatic carbocycles. The lowest BCUT2D eigenvalue weighted by molar-refractivity contribution is 1.48. The van der Waals surface area contributed by atoms with Crippen molar-refractivity contribution in [1.29, 1.82) is 0 Å². The van der Waals surface area contributed by atoms with E-state index in [2.05, 4.69) is 19.1 Å². The van der Waals surface area contributed by atoms with Crippen molar-refractivity contribution in [1.82, 2.24) is 0 Å². The van der Waals surface area contributed by atoms with Crippen LogP contribution in [0, 0.1) is 6.92 Å². The molecule has 0 saturated carbocycles. The highest BCUT2D eigenvalue weighted by atomic mass is 13.8. The lowest BCUT2D eigenvalue weighted by Crippen LogP contribution is -1.62. The molecule has 0 radical (unpaired) electrons. The Morgan fingerprint density at radius 2 is 1.31 bits per heavy atom. The summed E-state index contributed by atoms with van der Waals surface area (Å²) in [6.07, 6.45) is 8.00. The molecule has 0 aliphatic heterocycles. The Labute approximate surface area is 81.6 Å². The van der Waals surface area contributed by atoms with Crippen LogP contribution >= 0.6 is 0 Å². The van der Waals surface area contributed by atoms with Crippen molar-refractivity contribution in [3.8, 4) is 0 Å². The summed E-state index contributed by atoms with van der Waals surface area (Å²) in [5.41, 5.74) is 1.32. The van der Waals surface area contributed by atoms with Crippen molar-refractivity contribution >= 4 is 0 Å². The van der Waals surface area contributed by atoms with Gasteiger partial charge in [0.15, 0.2) is 0 Å². The van der Waals surface area contributed by atoms with Crippen LogP contribution in [0.1, 0.15) is 19.4 Å². The molecule has 0 amide bonds. The van der Waals surface area contributed by atoms with Gasteiger partial charge in [0.25, 0.3) is 0 Å². The van der Waals surface area contributed by atoms with Crippen LogP contribution in [-0.4, -0.2) is 0 Å². The zero-order chi connectivity index (χ0) is 9.94. The SMILES string of the molecule is C/C=C/C=C/C.Cc1ccccc1. The Bertz CT molecular complexity index is 232. The van der Waals surface area contributed by atoms with Crippen molar-refractivity contribution in [3.05, 3.63) is 60.2 Å². The smallest absolute Gasteiger partial charge is 0.0398 e.